The van der Waals surface area contributed by atoms with Gasteiger partial charge in [0.25, 0.3) is 5.91 Å². The molecule has 0 fully saturated rings. The van der Waals surface area contributed by atoms with Gasteiger partial charge in [-0.25, -0.2) is 0 Å². The van der Waals surface area contributed by atoms with Crippen LogP contribution in [0, 0.1) is 0 Å². The van der Waals surface area contributed by atoms with E-state index in [2.05, 4.69) is 15.9 Å². The number of nitrogens with zero attached hydrogens (tertiary/aromatic N) is 1. The minimum atomic E-state index is -0.612. The summed E-state index contributed by atoms with van der Waals surface area (Å²) in [5.74, 6) is 0.449. The van der Waals surface area contributed by atoms with E-state index in [9.17, 15) is 9.59 Å². The van der Waals surface area contributed by atoms with Gasteiger partial charge in [-0.2, -0.15) is 0 Å². The van der Waals surface area contributed by atoms with E-state index >= 15 is 0 Å². The number of amides is 1. The van der Waals surface area contributed by atoms with Gasteiger partial charge in [0.15, 0.2) is 5.43 Å². The summed E-state index contributed by atoms with van der Waals surface area (Å²) in [6, 6.07) is 19.4. The van der Waals surface area contributed by atoms with Gasteiger partial charge in [0.2, 0.25) is 5.76 Å². The van der Waals surface area contributed by atoms with E-state index in [4.69, 9.17) is 20.8 Å². The minimum Gasteiger partial charge on any atom is -0.494 e. The molecule has 33 heavy (non-hydrogen) atoms. The Kier molecular flexibility index (Phi) is 5.72. The Balaban J connectivity index is 1.70. The van der Waals surface area contributed by atoms with Crippen LogP contribution in [0.4, 0.5) is 0 Å². The normalized spacial score (nSPS) is 15.2. The van der Waals surface area contributed by atoms with Crippen LogP contribution >= 0.6 is 27.5 Å². The first kappa shape index (κ1) is 21.7. The highest BCUT2D eigenvalue weighted by molar-refractivity contribution is 9.10. The Morgan fingerprint density at radius 2 is 1.82 bits per heavy atom. The molecule has 0 radical (unpaired) electrons. The van der Waals surface area contributed by atoms with Gasteiger partial charge in [-0.3, -0.25) is 9.59 Å². The third-order valence-corrected chi connectivity index (χ3v) is 6.60. The highest BCUT2D eigenvalue weighted by Gasteiger charge is 2.42. The maximum absolute atomic E-state index is 13.6. The molecule has 166 valence electrons. The van der Waals surface area contributed by atoms with Crippen molar-refractivity contribution in [2.24, 2.45) is 0 Å². The van der Waals surface area contributed by atoms with Gasteiger partial charge in [0, 0.05) is 16.0 Å². The fraction of sp³-hybridized carbons (Fsp3) is 0.154. The number of ether oxygens (including phenoxy) is 1. The van der Waals surface area contributed by atoms with Crippen molar-refractivity contribution < 1.29 is 13.9 Å². The molecule has 5 nitrogen and oxygen atoms in total. The van der Waals surface area contributed by atoms with Crippen molar-refractivity contribution in [1.82, 2.24) is 4.90 Å². The number of halogens is 2. The zero-order chi connectivity index (χ0) is 23.1. The summed E-state index contributed by atoms with van der Waals surface area (Å²) >= 11 is 9.82. The molecule has 0 saturated heterocycles. The third-order valence-electron chi connectivity index (χ3n) is 5.73. The molecule has 0 saturated carbocycles. The van der Waals surface area contributed by atoms with Crippen LogP contribution in [0.3, 0.4) is 0 Å². The molecule has 1 aromatic heterocycles. The van der Waals surface area contributed by atoms with Gasteiger partial charge < -0.3 is 14.1 Å². The topological polar surface area (TPSA) is 59.8 Å². The largest absolute Gasteiger partial charge is 0.494 e. The molecule has 7 heteroatoms. The number of fused-ring (bicyclic) bond motifs is 2. The molecule has 3 aromatic carbocycles. The van der Waals surface area contributed by atoms with E-state index in [1.54, 1.807) is 29.2 Å². The Morgan fingerprint density at radius 1 is 1.06 bits per heavy atom. The fourth-order valence-corrected chi connectivity index (χ4v) is 4.78. The van der Waals surface area contributed by atoms with Crippen LogP contribution in [-0.2, 0) is 6.54 Å². The molecule has 4 aromatic rings. The minimum absolute atomic E-state index is 0.0701. The molecule has 1 aliphatic rings. The molecule has 1 unspecified atom stereocenters. The molecule has 0 spiro atoms. The van der Waals surface area contributed by atoms with Crippen LogP contribution in [0.2, 0.25) is 5.02 Å². The van der Waals surface area contributed by atoms with E-state index in [-0.39, 0.29) is 23.6 Å². The third kappa shape index (κ3) is 3.83. The number of hydrogen-bond donors (Lipinski definition) is 0. The second-order valence-electron chi connectivity index (χ2n) is 7.74. The molecule has 2 heterocycles. The standard InChI is InChI=1S/C26H19BrClNO4/c1-2-32-18-10-7-15(8-11-18)23-22-24(30)19-13-17(27)9-12-21(19)33-25(22)26(31)29(23)14-16-5-3-4-6-20(16)28/h3-13,23H,2,14H2,1H3. The molecule has 1 atom stereocenters. The molecule has 5 rings (SSSR count). The Hall–Kier alpha value is -3.09. The molecular formula is C26H19BrClNO4. The van der Waals surface area contributed by atoms with Crippen molar-refractivity contribution >= 4 is 44.4 Å². The average molecular weight is 525 g/mol. The van der Waals surface area contributed by atoms with Gasteiger partial charge in [0.1, 0.15) is 11.3 Å². The highest BCUT2D eigenvalue weighted by atomic mass is 79.9. The van der Waals surface area contributed by atoms with E-state index in [0.29, 0.717) is 28.2 Å². The van der Waals surface area contributed by atoms with Gasteiger partial charge in [-0.15, -0.1) is 0 Å². The molecule has 1 aliphatic heterocycles. The number of carbonyl (C=O) groups is 1. The lowest BCUT2D eigenvalue weighted by atomic mass is 9.98. The summed E-state index contributed by atoms with van der Waals surface area (Å²) in [4.78, 5) is 28.8. The summed E-state index contributed by atoms with van der Waals surface area (Å²) < 4.78 is 12.3. The molecule has 0 aliphatic carbocycles. The zero-order valence-corrected chi connectivity index (χ0v) is 20.0. The van der Waals surface area contributed by atoms with Crippen LogP contribution in [0.1, 0.15) is 40.2 Å². The van der Waals surface area contributed by atoms with E-state index < -0.39 is 6.04 Å². The maximum Gasteiger partial charge on any atom is 0.291 e. The fourth-order valence-electron chi connectivity index (χ4n) is 4.23. The van der Waals surface area contributed by atoms with Crippen LogP contribution in [0.25, 0.3) is 11.0 Å². The van der Waals surface area contributed by atoms with E-state index in [0.717, 1.165) is 21.3 Å². The lowest BCUT2D eigenvalue weighted by molar-refractivity contribution is 0.0714. The maximum atomic E-state index is 13.6. The molecule has 0 bridgehead atoms. The first-order chi connectivity index (χ1) is 16.0. The van der Waals surface area contributed by atoms with Gasteiger partial charge in [-0.05, 0) is 54.4 Å². The first-order valence-electron chi connectivity index (χ1n) is 10.5. The van der Waals surface area contributed by atoms with Crippen LogP contribution in [0.15, 0.2) is 80.4 Å². The molecule has 1 amide bonds. The second-order valence-corrected chi connectivity index (χ2v) is 9.07. The second kappa shape index (κ2) is 8.69. The summed E-state index contributed by atoms with van der Waals surface area (Å²) in [6.45, 7) is 2.70. The zero-order valence-electron chi connectivity index (χ0n) is 17.7. The monoisotopic (exact) mass is 523 g/mol. The predicted octanol–water partition coefficient (Wildman–Crippen LogP) is 6.35. The van der Waals surface area contributed by atoms with Crippen molar-refractivity contribution in [2.45, 2.75) is 19.5 Å². The van der Waals surface area contributed by atoms with Crippen LogP contribution in [0.5, 0.6) is 5.75 Å². The summed E-state index contributed by atoms with van der Waals surface area (Å²) in [6.07, 6.45) is 0. The predicted molar refractivity (Wildman–Crippen MR) is 131 cm³/mol. The Labute approximate surface area is 203 Å². The number of hydrogen-bond acceptors (Lipinski definition) is 4. The van der Waals surface area contributed by atoms with E-state index in [1.807, 2.05) is 49.4 Å². The van der Waals surface area contributed by atoms with Crippen LogP contribution in [-0.4, -0.2) is 17.4 Å². The SMILES string of the molecule is CCOc1ccc(C2c3c(oc4ccc(Br)cc4c3=O)C(=O)N2Cc2ccccc2Cl)cc1. The van der Waals surface area contributed by atoms with Gasteiger partial charge in [-0.1, -0.05) is 57.9 Å². The van der Waals surface area contributed by atoms with Crippen molar-refractivity contribution in [2.75, 3.05) is 6.61 Å². The van der Waals surface area contributed by atoms with Crippen molar-refractivity contribution in [3.05, 3.63) is 109 Å². The Bertz CT molecular complexity index is 1430. The van der Waals surface area contributed by atoms with Crippen molar-refractivity contribution in [3.63, 3.8) is 0 Å². The van der Waals surface area contributed by atoms with Gasteiger partial charge >= 0.3 is 0 Å². The van der Waals surface area contributed by atoms with Crippen molar-refractivity contribution in [1.29, 1.82) is 0 Å². The molecule has 0 N–H and O–H groups in total. The van der Waals surface area contributed by atoms with Crippen molar-refractivity contribution in [3.8, 4) is 5.75 Å². The van der Waals surface area contributed by atoms with Crippen LogP contribution < -0.4 is 10.2 Å². The lowest BCUT2D eigenvalue weighted by Crippen LogP contribution is -2.29. The number of rotatable bonds is 5. The van der Waals surface area contributed by atoms with Gasteiger partial charge in [0.05, 0.1) is 23.6 Å². The Morgan fingerprint density at radius 3 is 2.55 bits per heavy atom. The lowest BCUT2D eigenvalue weighted by Gasteiger charge is -2.25. The smallest absolute Gasteiger partial charge is 0.291 e. The molecular weight excluding hydrogens is 506 g/mol. The quantitative estimate of drug-likeness (QED) is 0.305. The summed E-state index contributed by atoms with van der Waals surface area (Å²) in [7, 11) is 0. The summed E-state index contributed by atoms with van der Waals surface area (Å²) in [5, 5.41) is 0.978. The average Bonchev–Trinajstić information content (AvgIpc) is 3.08. The van der Waals surface area contributed by atoms with E-state index in [1.165, 1.54) is 0 Å². The summed E-state index contributed by atoms with van der Waals surface area (Å²) in [5.41, 5.74) is 2.07. The number of carbonyl (C=O) groups excluding carboxylic acids is 1. The number of benzene rings is 3. The highest BCUT2D eigenvalue weighted by Crippen LogP contribution is 2.40. The first-order valence-corrected chi connectivity index (χ1v) is 11.7.